The highest BCUT2D eigenvalue weighted by Gasteiger charge is 2.17. The highest BCUT2D eigenvalue weighted by Crippen LogP contribution is 2.24. The summed E-state index contributed by atoms with van der Waals surface area (Å²) in [5.74, 6) is 2.17. The van der Waals surface area contributed by atoms with Crippen LogP contribution in [-0.2, 0) is 12.0 Å². The minimum absolute atomic E-state index is 0.0896. The molecule has 1 unspecified atom stereocenters. The molecule has 1 aromatic heterocycles. The molecule has 1 aromatic carbocycles. The number of guanidine groups is 1. The van der Waals surface area contributed by atoms with Gasteiger partial charge in [-0.1, -0.05) is 39.8 Å². The molecule has 0 radical (unpaired) electrons. The van der Waals surface area contributed by atoms with Gasteiger partial charge in [-0.2, -0.15) is 0 Å². The molecule has 0 amide bonds. The summed E-state index contributed by atoms with van der Waals surface area (Å²) in [6, 6.07) is 8.29. The molecular formula is C21H32N4OS. The molecular weight excluding hydrogens is 356 g/mol. The number of ether oxygens (including phenoxy) is 1. The number of hydrogen-bond acceptors (Lipinski definition) is 4. The lowest BCUT2D eigenvalue weighted by molar-refractivity contribution is 0.414. The molecule has 0 saturated heterocycles. The normalized spacial score (nSPS) is 13.3. The summed E-state index contributed by atoms with van der Waals surface area (Å²) < 4.78 is 5.22. The van der Waals surface area contributed by atoms with Crippen molar-refractivity contribution in [1.82, 2.24) is 15.6 Å². The Kier molecular flexibility index (Phi) is 7.66. The molecule has 0 saturated carbocycles. The van der Waals surface area contributed by atoms with Crippen LogP contribution in [0.4, 0.5) is 0 Å². The third kappa shape index (κ3) is 6.54. The summed E-state index contributed by atoms with van der Waals surface area (Å²) in [6.45, 7) is 10.3. The first kappa shape index (κ1) is 21.2. The number of aromatic nitrogens is 1. The van der Waals surface area contributed by atoms with Crippen LogP contribution in [0.5, 0.6) is 5.75 Å². The van der Waals surface area contributed by atoms with Crippen molar-refractivity contribution in [2.24, 2.45) is 4.99 Å². The Hall–Kier alpha value is -2.08. The van der Waals surface area contributed by atoms with E-state index in [1.54, 1.807) is 25.5 Å². The molecule has 0 aliphatic rings. The van der Waals surface area contributed by atoms with E-state index in [4.69, 9.17) is 9.72 Å². The Labute approximate surface area is 167 Å². The van der Waals surface area contributed by atoms with E-state index < -0.39 is 0 Å². The van der Waals surface area contributed by atoms with E-state index in [0.717, 1.165) is 35.4 Å². The van der Waals surface area contributed by atoms with Gasteiger partial charge in [-0.3, -0.25) is 4.99 Å². The third-order valence-electron chi connectivity index (χ3n) is 4.51. The number of rotatable bonds is 7. The van der Waals surface area contributed by atoms with Crippen LogP contribution < -0.4 is 15.4 Å². The Morgan fingerprint density at radius 2 is 1.93 bits per heavy atom. The van der Waals surface area contributed by atoms with E-state index in [9.17, 15) is 0 Å². The molecule has 0 aliphatic heterocycles. The van der Waals surface area contributed by atoms with Crippen LogP contribution in [0, 0.1) is 0 Å². The molecule has 6 heteroatoms. The van der Waals surface area contributed by atoms with Gasteiger partial charge in [0.25, 0.3) is 0 Å². The lowest BCUT2D eigenvalue weighted by Crippen LogP contribution is -2.37. The average Bonchev–Trinajstić information content (AvgIpc) is 3.14. The van der Waals surface area contributed by atoms with Gasteiger partial charge in [-0.15, -0.1) is 11.3 Å². The molecule has 0 bridgehead atoms. The first-order valence-corrected chi connectivity index (χ1v) is 10.2. The number of benzene rings is 1. The van der Waals surface area contributed by atoms with Gasteiger partial charge in [-0.25, -0.2) is 4.98 Å². The molecule has 1 heterocycles. The summed E-state index contributed by atoms with van der Waals surface area (Å²) in [6.07, 6.45) is 1.03. The fourth-order valence-electron chi connectivity index (χ4n) is 2.62. The number of thiazole rings is 1. The fraction of sp³-hybridized carbons (Fsp3) is 0.524. The summed E-state index contributed by atoms with van der Waals surface area (Å²) in [5.41, 5.74) is 2.55. The maximum Gasteiger partial charge on any atom is 0.191 e. The van der Waals surface area contributed by atoms with Crippen molar-refractivity contribution in [3.8, 4) is 5.75 Å². The predicted octanol–water partition coefficient (Wildman–Crippen LogP) is 4.31. The average molecular weight is 389 g/mol. The van der Waals surface area contributed by atoms with Crippen molar-refractivity contribution in [2.75, 3.05) is 20.7 Å². The first-order chi connectivity index (χ1) is 12.8. The number of nitrogens with one attached hydrogen (secondary N) is 2. The molecule has 148 valence electrons. The van der Waals surface area contributed by atoms with E-state index in [2.05, 4.69) is 60.8 Å². The third-order valence-corrected chi connectivity index (χ3v) is 5.35. The van der Waals surface area contributed by atoms with Gasteiger partial charge in [0.05, 0.1) is 19.3 Å². The standard InChI is InChI=1S/C21H32N4OS/c1-15(16-7-9-17(26-6)10-8-16)11-12-23-20(22-5)24-13-19-25-18(14-27-19)21(2,3)4/h7-10,14-15H,11-13H2,1-6H3,(H2,22,23,24). The van der Waals surface area contributed by atoms with Gasteiger partial charge in [-0.05, 0) is 30.0 Å². The molecule has 0 fully saturated rings. The summed E-state index contributed by atoms with van der Waals surface area (Å²) >= 11 is 1.69. The number of methoxy groups -OCH3 is 1. The minimum atomic E-state index is 0.0896. The van der Waals surface area contributed by atoms with Crippen LogP contribution in [0.25, 0.3) is 0 Å². The lowest BCUT2D eigenvalue weighted by atomic mass is 9.93. The van der Waals surface area contributed by atoms with Crippen LogP contribution in [0.3, 0.4) is 0 Å². The van der Waals surface area contributed by atoms with Crippen LogP contribution in [-0.4, -0.2) is 31.6 Å². The van der Waals surface area contributed by atoms with E-state index >= 15 is 0 Å². The molecule has 1 atom stereocenters. The maximum atomic E-state index is 5.22. The van der Waals surface area contributed by atoms with E-state index in [1.807, 2.05) is 12.1 Å². The molecule has 5 nitrogen and oxygen atoms in total. The van der Waals surface area contributed by atoms with Crippen molar-refractivity contribution < 1.29 is 4.74 Å². The summed E-state index contributed by atoms with van der Waals surface area (Å²) in [4.78, 5) is 9.02. The second kappa shape index (κ2) is 9.74. The Morgan fingerprint density at radius 3 is 2.48 bits per heavy atom. The monoisotopic (exact) mass is 388 g/mol. The van der Waals surface area contributed by atoms with E-state index in [0.29, 0.717) is 12.5 Å². The molecule has 2 N–H and O–H groups in total. The van der Waals surface area contributed by atoms with Crippen molar-refractivity contribution in [3.63, 3.8) is 0 Å². The molecule has 2 rings (SSSR count). The zero-order chi connectivity index (χ0) is 19.9. The van der Waals surface area contributed by atoms with Crippen LogP contribution in [0.15, 0.2) is 34.6 Å². The summed E-state index contributed by atoms with van der Waals surface area (Å²) in [5, 5.41) is 9.96. The van der Waals surface area contributed by atoms with Gasteiger partial charge in [0, 0.05) is 24.4 Å². The topological polar surface area (TPSA) is 58.5 Å². The Morgan fingerprint density at radius 1 is 1.22 bits per heavy atom. The van der Waals surface area contributed by atoms with Crippen molar-refractivity contribution in [2.45, 2.75) is 52.0 Å². The van der Waals surface area contributed by atoms with Gasteiger partial charge < -0.3 is 15.4 Å². The zero-order valence-corrected chi connectivity index (χ0v) is 18.1. The number of hydrogen-bond donors (Lipinski definition) is 2. The fourth-order valence-corrected chi connectivity index (χ4v) is 3.58. The van der Waals surface area contributed by atoms with Gasteiger partial charge in [0.1, 0.15) is 10.8 Å². The SMILES string of the molecule is CN=C(NCCC(C)c1ccc(OC)cc1)NCc1nc(C(C)(C)C)cs1. The van der Waals surface area contributed by atoms with Crippen molar-refractivity contribution >= 4 is 17.3 Å². The molecule has 0 spiro atoms. The highest BCUT2D eigenvalue weighted by molar-refractivity contribution is 7.09. The van der Waals surface area contributed by atoms with Crippen molar-refractivity contribution in [3.05, 3.63) is 45.9 Å². The van der Waals surface area contributed by atoms with E-state index in [1.165, 1.54) is 5.56 Å². The second-order valence-corrected chi connectivity index (χ2v) is 8.63. The molecule has 0 aliphatic carbocycles. The van der Waals surface area contributed by atoms with Gasteiger partial charge >= 0.3 is 0 Å². The number of aliphatic imine (C=N–C) groups is 1. The van der Waals surface area contributed by atoms with E-state index in [-0.39, 0.29) is 5.41 Å². The molecule has 2 aromatic rings. The Bertz CT molecular complexity index is 731. The van der Waals surface area contributed by atoms with Gasteiger partial charge in [0.15, 0.2) is 5.96 Å². The van der Waals surface area contributed by atoms with Crippen LogP contribution in [0.2, 0.25) is 0 Å². The van der Waals surface area contributed by atoms with Crippen LogP contribution >= 0.6 is 11.3 Å². The quantitative estimate of drug-likeness (QED) is 0.548. The van der Waals surface area contributed by atoms with Crippen LogP contribution in [0.1, 0.15) is 56.3 Å². The van der Waals surface area contributed by atoms with Gasteiger partial charge in [0.2, 0.25) is 0 Å². The Balaban J connectivity index is 1.77. The minimum Gasteiger partial charge on any atom is -0.497 e. The van der Waals surface area contributed by atoms with Crippen molar-refractivity contribution in [1.29, 1.82) is 0 Å². The predicted molar refractivity (Wildman–Crippen MR) is 115 cm³/mol. The largest absolute Gasteiger partial charge is 0.497 e. The smallest absolute Gasteiger partial charge is 0.191 e. The zero-order valence-electron chi connectivity index (χ0n) is 17.3. The second-order valence-electron chi connectivity index (χ2n) is 7.69. The lowest BCUT2D eigenvalue weighted by Gasteiger charge is -2.15. The summed E-state index contributed by atoms with van der Waals surface area (Å²) in [7, 11) is 3.49. The maximum absolute atomic E-state index is 5.22. The molecule has 27 heavy (non-hydrogen) atoms. The highest BCUT2D eigenvalue weighted by atomic mass is 32.1. The number of nitrogens with zero attached hydrogens (tertiary/aromatic N) is 2. The first-order valence-electron chi connectivity index (χ1n) is 9.37.